The van der Waals surface area contributed by atoms with Crippen molar-refractivity contribution in [2.45, 2.75) is 20.0 Å². The Hall–Kier alpha value is -1.07. The number of halogens is 1. The van der Waals surface area contributed by atoms with Crippen LogP contribution in [0.15, 0.2) is 22.7 Å². The minimum absolute atomic E-state index is 0.0254. The third-order valence-electron chi connectivity index (χ3n) is 2.96. The second-order valence-electron chi connectivity index (χ2n) is 4.54. The first-order valence-corrected chi connectivity index (χ1v) is 7.23. The van der Waals surface area contributed by atoms with Gasteiger partial charge in [-0.3, -0.25) is 4.79 Å². The van der Waals surface area contributed by atoms with E-state index < -0.39 is 0 Å². The highest BCUT2D eigenvalue weighted by Crippen LogP contribution is 2.23. The molecule has 1 heterocycles. The molecule has 0 bridgehead atoms. The molecule has 1 atom stereocenters. The van der Waals surface area contributed by atoms with Gasteiger partial charge >= 0.3 is 0 Å². The van der Waals surface area contributed by atoms with Crippen molar-refractivity contribution in [1.82, 2.24) is 4.90 Å². The van der Waals surface area contributed by atoms with Crippen LogP contribution in [0.3, 0.4) is 0 Å². The number of carbonyl (C=O) groups is 1. The van der Waals surface area contributed by atoms with Gasteiger partial charge in [0.1, 0.15) is 5.75 Å². The average Bonchev–Trinajstić information content (AvgIpc) is 2.37. The number of ether oxygens (including phenoxy) is 2. The van der Waals surface area contributed by atoms with E-state index in [0.29, 0.717) is 37.6 Å². The summed E-state index contributed by atoms with van der Waals surface area (Å²) in [6, 6.07) is 5.48. The Labute approximate surface area is 121 Å². The van der Waals surface area contributed by atoms with Gasteiger partial charge in [0.05, 0.1) is 19.3 Å². The van der Waals surface area contributed by atoms with Gasteiger partial charge in [-0.05, 0) is 32.0 Å². The molecule has 0 unspecified atom stereocenters. The SMILES string of the molecule is CCOc1cc(Br)cc(C(=O)N2CCO[C@@H](C)C2)c1. The van der Waals surface area contributed by atoms with E-state index in [2.05, 4.69) is 15.9 Å². The Morgan fingerprint density at radius 2 is 2.32 bits per heavy atom. The van der Waals surface area contributed by atoms with Crippen LogP contribution in [-0.2, 0) is 4.74 Å². The van der Waals surface area contributed by atoms with E-state index in [1.165, 1.54) is 0 Å². The van der Waals surface area contributed by atoms with Crippen LogP contribution in [0.2, 0.25) is 0 Å². The summed E-state index contributed by atoms with van der Waals surface area (Å²) in [7, 11) is 0. The molecule has 0 radical (unpaired) electrons. The van der Waals surface area contributed by atoms with Crippen molar-refractivity contribution in [2.75, 3.05) is 26.3 Å². The highest BCUT2D eigenvalue weighted by atomic mass is 79.9. The van der Waals surface area contributed by atoms with Crippen molar-refractivity contribution >= 4 is 21.8 Å². The lowest BCUT2D eigenvalue weighted by Gasteiger charge is -2.31. The number of morpholine rings is 1. The summed E-state index contributed by atoms with van der Waals surface area (Å²) in [5.74, 6) is 0.735. The first kappa shape index (κ1) is 14.3. The van der Waals surface area contributed by atoms with Crippen LogP contribution in [-0.4, -0.2) is 43.2 Å². The van der Waals surface area contributed by atoms with Gasteiger partial charge in [0.25, 0.3) is 5.91 Å². The van der Waals surface area contributed by atoms with Gasteiger partial charge in [-0.2, -0.15) is 0 Å². The number of nitrogens with zero attached hydrogens (tertiary/aromatic N) is 1. The van der Waals surface area contributed by atoms with Crippen LogP contribution in [0.25, 0.3) is 0 Å². The van der Waals surface area contributed by atoms with Crippen LogP contribution >= 0.6 is 15.9 Å². The number of amides is 1. The molecule has 1 aliphatic heterocycles. The fourth-order valence-corrected chi connectivity index (χ4v) is 2.59. The second kappa shape index (κ2) is 6.39. The molecular formula is C14H18BrNO3. The Bertz CT molecular complexity index is 464. The maximum Gasteiger partial charge on any atom is 0.254 e. The number of benzene rings is 1. The third-order valence-corrected chi connectivity index (χ3v) is 3.42. The summed E-state index contributed by atoms with van der Waals surface area (Å²) in [6.07, 6.45) is 0.0937. The van der Waals surface area contributed by atoms with Gasteiger partial charge in [-0.25, -0.2) is 0 Å². The van der Waals surface area contributed by atoms with Gasteiger partial charge in [-0.1, -0.05) is 15.9 Å². The molecule has 19 heavy (non-hydrogen) atoms. The van der Waals surface area contributed by atoms with E-state index in [4.69, 9.17) is 9.47 Å². The molecule has 1 saturated heterocycles. The smallest absolute Gasteiger partial charge is 0.254 e. The molecule has 0 saturated carbocycles. The molecule has 0 aliphatic carbocycles. The van der Waals surface area contributed by atoms with Gasteiger partial charge in [0.15, 0.2) is 0 Å². The van der Waals surface area contributed by atoms with Crippen molar-refractivity contribution < 1.29 is 14.3 Å². The summed E-state index contributed by atoms with van der Waals surface area (Å²) in [4.78, 5) is 14.3. The molecule has 0 spiro atoms. The Morgan fingerprint density at radius 3 is 3.00 bits per heavy atom. The zero-order valence-corrected chi connectivity index (χ0v) is 12.8. The summed E-state index contributed by atoms with van der Waals surface area (Å²) < 4.78 is 11.8. The topological polar surface area (TPSA) is 38.8 Å². The van der Waals surface area contributed by atoms with E-state index in [-0.39, 0.29) is 12.0 Å². The van der Waals surface area contributed by atoms with Crippen LogP contribution < -0.4 is 4.74 Å². The normalized spacial score (nSPS) is 19.3. The molecule has 0 N–H and O–H groups in total. The predicted molar refractivity (Wildman–Crippen MR) is 76.6 cm³/mol. The zero-order chi connectivity index (χ0) is 13.8. The minimum Gasteiger partial charge on any atom is -0.494 e. The molecule has 1 fully saturated rings. The standard InChI is InChI=1S/C14H18BrNO3/c1-3-18-13-7-11(6-12(15)8-13)14(17)16-4-5-19-10(2)9-16/h6-8,10H,3-5,9H2,1-2H3/t10-/m0/s1. The van der Waals surface area contributed by atoms with Gasteiger partial charge in [0.2, 0.25) is 0 Å². The summed E-state index contributed by atoms with van der Waals surface area (Å²) in [5.41, 5.74) is 0.645. The number of hydrogen-bond acceptors (Lipinski definition) is 3. The van der Waals surface area contributed by atoms with Gasteiger partial charge in [-0.15, -0.1) is 0 Å². The molecule has 5 heteroatoms. The Balaban J connectivity index is 2.18. The minimum atomic E-state index is 0.0254. The zero-order valence-electron chi connectivity index (χ0n) is 11.2. The lowest BCUT2D eigenvalue weighted by Crippen LogP contribution is -2.44. The molecule has 4 nitrogen and oxygen atoms in total. The van der Waals surface area contributed by atoms with Crippen LogP contribution in [0.1, 0.15) is 24.2 Å². The van der Waals surface area contributed by atoms with E-state index in [0.717, 1.165) is 4.47 Å². The van der Waals surface area contributed by atoms with Crippen LogP contribution in [0.4, 0.5) is 0 Å². The average molecular weight is 328 g/mol. The monoisotopic (exact) mass is 327 g/mol. The first-order valence-electron chi connectivity index (χ1n) is 6.44. The summed E-state index contributed by atoms with van der Waals surface area (Å²) in [5, 5.41) is 0. The maximum atomic E-state index is 12.4. The van der Waals surface area contributed by atoms with E-state index in [1.54, 1.807) is 6.07 Å². The highest BCUT2D eigenvalue weighted by Gasteiger charge is 2.23. The molecule has 1 amide bonds. The number of carbonyl (C=O) groups excluding carboxylic acids is 1. The first-order chi connectivity index (χ1) is 9.10. The van der Waals surface area contributed by atoms with Crippen molar-refractivity contribution in [2.24, 2.45) is 0 Å². The number of rotatable bonds is 3. The van der Waals surface area contributed by atoms with Crippen LogP contribution in [0.5, 0.6) is 5.75 Å². The Morgan fingerprint density at radius 1 is 1.53 bits per heavy atom. The molecule has 1 aromatic carbocycles. The quantitative estimate of drug-likeness (QED) is 0.856. The molecule has 2 rings (SSSR count). The third kappa shape index (κ3) is 3.70. The van der Waals surface area contributed by atoms with Crippen molar-refractivity contribution in [3.05, 3.63) is 28.2 Å². The van der Waals surface area contributed by atoms with Crippen molar-refractivity contribution in [1.29, 1.82) is 0 Å². The summed E-state index contributed by atoms with van der Waals surface area (Å²) in [6.45, 7) is 6.35. The fraction of sp³-hybridized carbons (Fsp3) is 0.500. The largest absolute Gasteiger partial charge is 0.494 e. The molecule has 104 valence electrons. The van der Waals surface area contributed by atoms with Gasteiger partial charge < -0.3 is 14.4 Å². The van der Waals surface area contributed by atoms with E-state index >= 15 is 0 Å². The van der Waals surface area contributed by atoms with E-state index in [1.807, 2.05) is 30.9 Å². The van der Waals surface area contributed by atoms with E-state index in [9.17, 15) is 4.79 Å². The number of hydrogen-bond donors (Lipinski definition) is 0. The lowest BCUT2D eigenvalue weighted by molar-refractivity contribution is -0.0124. The molecule has 1 aromatic rings. The highest BCUT2D eigenvalue weighted by molar-refractivity contribution is 9.10. The van der Waals surface area contributed by atoms with Crippen molar-refractivity contribution in [3.8, 4) is 5.75 Å². The fourth-order valence-electron chi connectivity index (χ4n) is 2.12. The predicted octanol–water partition coefficient (Wildman–Crippen LogP) is 2.71. The summed E-state index contributed by atoms with van der Waals surface area (Å²) >= 11 is 3.41. The lowest BCUT2D eigenvalue weighted by atomic mass is 10.1. The Kier molecular flexibility index (Phi) is 4.82. The van der Waals surface area contributed by atoms with Gasteiger partial charge in [0, 0.05) is 23.1 Å². The maximum absolute atomic E-state index is 12.4. The van der Waals surface area contributed by atoms with Crippen molar-refractivity contribution in [3.63, 3.8) is 0 Å². The van der Waals surface area contributed by atoms with Crippen LogP contribution in [0, 0.1) is 0 Å². The second-order valence-corrected chi connectivity index (χ2v) is 5.46. The molecule has 1 aliphatic rings. The molecule has 0 aromatic heterocycles. The molecular weight excluding hydrogens is 310 g/mol.